The van der Waals surface area contributed by atoms with Crippen molar-refractivity contribution in [3.8, 4) is 17.6 Å². The standard InChI is InChI=1S/C12H13NO3/c1-3-4-7-13-11-8-9(16-2)5-6-10(11)12(14)15/h5-6,8,13H,7H2,1-2H3,(H,14,15). The Labute approximate surface area is 94.2 Å². The number of anilines is 1. The van der Waals surface area contributed by atoms with Gasteiger partial charge in [0.25, 0.3) is 0 Å². The van der Waals surface area contributed by atoms with Crippen LogP contribution in [-0.4, -0.2) is 24.7 Å². The Bertz CT molecular complexity index is 443. The monoisotopic (exact) mass is 219 g/mol. The van der Waals surface area contributed by atoms with Crippen molar-refractivity contribution < 1.29 is 14.6 Å². The van der Waals surface area contributed by atoms with Crippen molar-refractivity contribution in [3.63, 3.8) is 0 Å². The first-order chi connectivity index (χ1) is 7.69. The minimum absolute atomic E-state index is 0.207. The Morgan fingerprint density at radius 2 is 2.31 bits per heavy atom. The summed E-state index contributed by atoms with van der Waals surface area (Å²) >= 11 is 0. The van der Waals surface area contributed by atoms with E-state index in [1.807, 2.05) is 0 Å². The minimum atomic E-state index is -0.977. The summed E-state index contributed by atoms with van der Waals surface area (Å²) < 4.78 is 5.03. The van der Waals surface area contributed by atoms with Gasteiger partial charge >= 0.3 is 5.97 Å². The van der Waals surface area contributed by atoms with Crippen molar-refractivity contribution in [1.29, 1.82) is 0 Å². The van der Waals surface area contributed by atoms with Crippen LogP contribution >= 0.6 is 0 Å². The molecule has 0 aliphatic rings. The van der Waals surface area contributed by atoms with Crippen molar-refractivity contribution >= 4 is 11.7 Å². The smallest absolute Gasteiger partial charge is 0.337 e. The predicted molar refractivity (Wildman–Crippen MR) is 61.9 cm³/mol. The SMILES string of the molecule is CC#CCNc1cc(OC)ccc1C(=O)O. The van der Waals surface area contributed by atoms with Gasteiger partial charge in [-0.15, -0.1) is 5.92 Å². The minimum Gasteiger partial charge on any atom is -0.497 e. The first-order valence-electron chi connectivity index (χ1n) is 4.74. The second kappa shape index (κ2) is 5.66. The van der Waals surface area contributed by atoms with Gasteiger partial charge in [0.05, 0.1) is 24.9 Å². The number of benzene rings is 1. The van der Waals surface area contributed by atoms with Gasteiger partial charge in [0.15, 0.2) is 0 Å². The second-order valence-corrected chi connectivity index (χ2v) is 3.00. The van der Waals surface area contributed by atoms with E-state index in [2.05, 4.69) is 17.2 Å². The van der Waals surface area contributed by atoms with Crippen molar-refractivity contribution in [1.82, 2.24) is 0 Å². The zero-order valence-corrected chi connectivity index (χ0v) is 9.20. The molecular weight excluding hydrogens is 206 g/mol. The summed E-state index contributed by atoms with van der Waals surface area (Å²) in [5.41, 5.74) is 0.716. The molecule has 0 spiro atoms. The molecule has 0 aliphatic heterocycles. The van der Waals surface area contributed by atoms with Crippen LogP contribution in [0.25, 0.3) is 0 Å². The largest absolute Gasteiger partial charge is 0.497 e. The van der Waals surface area contributed by atoms with E-state index < -0.39 is 5.97 Å². The highest BCUT2D eigenvalue weighted by atomic mass is 16.5. The van der Waals surface area contributed by atoms with Crippen molar-refractivity contribution in [2.45, 2.75) is 6.92 Å². The molecule has 16 heavy (non-hydrogen) atoms. The number of ether oxygens (including phenoxy) is 1. The topological polar surface area (TPSA) is 58.6 Å². The third-order valence-corrected chi connectivity index (χ3v) is 2.00. The van der Waals surface area contributed by atoms with Gasteiger partial charge in [-0.3, -0.25) is 0 Å². The number of nitrogens with one attached hydrogen (secondary N) is 1. The molecule has 84 valence electrons. The van der Waals surface area contributed by atoms with Crippen LogP contribution in [-0.2, 0) is 0 Å². The van der Waals surface area contributed by atoms with Crippen LogP contribution in [0.5, 0.6) is 5.75 Å². The zero-order chi connectivity index (χ0) is 12.0. The van der Waals surface area contributed by atoms with E-state index in [1.165, 1.54) is 13.2 Å². The lowest BCUT2D eigenvalue weighted by Crippen LogP contribution is -2.06. The molecule has 1 rings (SSSR count). The molecule has 2 N–H and O–H groups in total. The lowest BCUT2D eigenvalue weighted by Gasteiger charge is -2.08. The molecule has 4 heteroatoms. The number of aromatic carboxylic acids is 1. The molecule has 1 aromatic rings. The number of methoxy groups -OCH3 is 1. The van der Waals surface area contributed by atoms with E-state index in [0.717, 1.165) is 0 Å². The van der Waals surface area contributed by atoms with Crippen molar-refractivity contribution in [2.75, 3.05) is 19.0 Å². The van der Waals surface area contributed by atoms with E-state index >= 15 is 0 Å². The quantitative estimate of drug-likeness (QED) is 0.758. The van der Waals surface area contributed by atoms with Gasteiger partial charge < -0.3 is 15.2 Å². The van der Waals surface area contributed by atoms with Crippen LogP contribution in [0.3, 0.4) is 0 Å². The number of carboxylic acids is 1. The van der Waals surface area contributed by atoms with E-state index in [9.17, 15) is 4.79 Å². The summed E-state index contributed by atoms with van der Waals surface area (Å²) in [5.74, 6) is 5.16. The molecule has 0 saturated heterocycles. The lowest BCUT2D eigenvalue weighted by atomic mass is 10.1. The second-order valence-electron chi connectivity index (χ2n) is 3.00. The molecule has 1 aromatic carbocycles. The van der Waals surface area contributed by atoms with Gasteiger partial charge in [0.2, 0.25) is 0 Å². The summed E-state index contributed by atoms with van der Waals surface area (Å²) in [6, 6.07) is 4.75. The first kappa shape index (κ1) is 11.9. The Kier molecular flexibility index (Phi) is 4.22. The van der Waals surface area contributed by atoms with Crippen LogP contribution in [0.2, 0.25) is 0 Å². The fraction of sp³-hybridized carbons (Fsp3) is 0.250. The van der Waals surface area contributed by atoms with Crippen LogP contribution in [0, 0.1) is 11.8 Å². The normalized spacial score (nSPS) is 8.88. The average molecular weight is 219 g/mol. The van der Waals surface area contributed by atoms with Gasteiger partial charge in [0.1, 0.15) is 5.75 Å². The summed E-state index contributed by atoms with van der Waals surface area (Å²) in [4.78, 5) is 10.9. The molecule has 0 fully saturated rings. The molecular formula is C12H13NO3. The zero-order valence-electron chi connectivity index (χ0n) is 9.20. The Morgan fingerprint density at radius 1 is 1.56 bits per heavy atom. The molecule has 0 bridgehead atoms. The van der Waals surface area contributed by atoms with Crippen molar-refractivity contribution in [2.24, 2.45) is 0 Å². The maximum Gasteiger partial charge on any atom is 0.337 e. The number of carbonyl (C=O) groups is 1. The molecule has 0 atom stereocenters. The van der Waals surface area contributed by atoms with E-state index in [0.29, 0.717) is 18.0 Å². The maximum absolute atomic E-state index is 10.9. The molecule has 0 radical (unpaired) electrons. The number of hydrogen-bond acceptors (Lipinski definition) is 3. The Balaban J connectivity index is 2.98. The highest BCUT2D eigenvalue weighted by Crippen LogP contribution is 2.22. The molecule has 0 aliphatic carbocycles. The number of hydrogen-bond donors (Lipinski definition) is 2. The average Bonchev–Trinajstić information content (AvgIpc) is 2.29. The third kappa shape index (κ3) is 2.92. The number of rotatable bonds is 4. The fourth-order valence-corrected chi connectivity index (χ4v) is 1.21. The fourth-order valence-electron chi connectivity index (χ4n) is 1.21. The highest BCUT2D eigenvalue weighted by Gasteiger charge is 2.10. The van der Waals surface area contributed by atoms with Gasteiger partial charge in [-0.2, -0.15) is 0 Å². The summed E-state index contributed by atoms with van der Waals surface area (Å²) in [7, 11) is 1.53. The molecule has 0 aromatic heterocycles. The maximum atomic E-state index is 10.9. The first-order valence-corrected chi connectivity index (χ1v) is 4.74. The van der Waals surface area contributed by atoms with E-state index in [4.69, 9.17) is 9.84 Å². The highest BCUT2D eigenvalue weighted by molar-refractivity contribution is 5.94. The third-order valence-electron chi connectivity index (χ3n) is 2.00. The molecule has 0 heterocycles. The predicted octanol–water partition coefficient (Wildman–Crippen LogP) is 1.83. The number of carboxylic acid groups (broad SMARTS) is 1. The molecule has 0 unspecified atom stereocenters. The van der Waals surface area contributed by atoms with E-state index in [1.54, 1.807) is 19.1 Å². The Morgan fingerprint density at radius 3 is 2.88 bits per heavy atom. The van der Waals surface area contributed by atoms with E-state index in [-0.39, 0.29) is 5.56 Å². The molecule has 0 amide bonds. The van der Waals surface area contributed by atoms with Crippen LogP contribution in [0.15, 0.2) is 18.2 Å². The summed E-state index contributed by atoms with van der Waals surface area (Å²) in [6.07, 6.45) is 0. The lowest BCUT2D eigenvalue weighted by molar-refractivity contribution is 0.0698. The van der Waals surface area contributed by atoms with Crippen molar-refractivity contribution in [3.05, 3.63) is 23.8 Å². The van der Waals surface area contributed by atoms with Gasteiger partial charge in [-0.1, -0.05) is 5.92 Å². The van der Waals surface area contributed by atoms with Gasteiger partial charge in [-0.25, -0.2) is 4.79 Å². The molecule has 4 nitrogen and oxygen atoms in total. The van der Waals surface area contributed by atoms with Crippen LogP contribution in [0.4, 0.5) is 5.69 Å². The van der Waals surface area contributed by atoms with Crippen LogP contribution in [0.1, 0.15) is 17.3 Å². The molecule has 0 saturated carbocycles. The summed E-state index contributed by atoms with van der Waals surface area (Å²) in [6.45, 7) is 2.13. The van der Waals surface area contributed by atoms with Crippen LogP contribution < -0.4 is 10.1 Å². The summed E-state index contributed by atoms with van der Waals surface area (Å²) in [5, 5.41) is 11.9. The van der Waals surface area contributed by atoms with Gasteiger partial charge in [-0.05, 0) is 19.1 Å². The Hall–Kier alpha value is -2.15. The van der Waals surface area contributed by atoms with Gasteiger partial charge in [0, 0.05) is 6.07 Å².